The lowest BCUT2D eigenvalue weighted by molar-refractivity contribution is -0.130. The highest BCUT2D eigenvalue weighted by molar-refractivity contribution is 5.92. The number of aromatic nitrogens is 1. The van der Waals surface area contributed by atoms with Gasteiger partial charge in [-0.3, -0.25) is 14.9 Å². The molecule has 4 N–H and O–H groups in total. The molecular weight excluding hydrogens is 484 g/mol. The van der Waals surface area contributed by atoms with Gasteiger partial charge in [-0.15, -0.1) is 0 Å². The minimum absolute atomic E-state index is 0.0980. The van der Waals surface area contributed by atoms with Gasteiger partial charge in [0.1, 0.15) is 6.04 Å². The highest BCUT2D eigenvalue weighted by atomic mass is 16.2. The molecule has 4 aromatic rings. The molecular formula is C33H36N4O2. The number of carbonyl (C=O) groups is 2. The average Bonchev–Trinajstić information content (AvgIpc) is 3.38. The van der Waals surface area contributed by atoms with E-state index in [1.54, 1.807) is 7.05 Å². The van der Waals surface area contributed by atoms with E-state index in [9.17, 15) is 9.59 Å². The highest BCUT2D eigenvalue weighted by Gasteiger charge is 2.38. The van der Waals surface area contributed by atoms with Crippen molar-refractivity contribution in [2.75, 3.05) is 7.05 Å². The summed E-state index contributed by atoms with van der Waals surface area (Å²) in [6, 6.07) is 25.3. The Morgan fingerprint density at radius 2 is 1.54 bits per heavy atom. The van der Waals surface area contributed by atoms with Crippen LogP contribution in [0.1, 0.15) is 61.0 Å². The Kier molecular flexibility index (Phi) is 7.20. The molecule has 1 saturated carbocycles. The molecule has 6 rings (SSSR count). The van der Waals surface area contributed by atoms with Gasteiger partial charge in [0, 0.05) is 23.6 Å². The first-order chi connectivity index (χ1) is 19.1. The van der Waals surface area contributed by atoms with E-state index in [4.69, 9.17) is 0 Å². The summed E-state index contributed by atoms with van der Waals surface area (Å²) < 4.78 is 0. The fourth-order valence-electron chi connectivity index (χ4n) is 6.46. The van der Waals surface area contributed by atoms with E-state index in [0.717, 1.165) is 35.0 Å². The highest BCUT2D eigenvalue weighted by Crippen LogP contribution is 2.40. The zero-order valence-corrected chi connectivity index (χ0v) is 22.4. The van der Waals surface area contributed by atoms with Gasteiger partial charge < -0.3 is 15.6 Å². The minimum atomic E-state index is -0.772. The van der Waals surface area contributed by atoms with Gasteiger partial charge in [0.05, 0.1) is 12.1 Å². The zero-order chi connectivity index (χ0) is 26.8. The fourth-order valence-corrected chi connectivity index (χ4v) is 6.46. The molecule has 3 atom stereocenters. The largest absolute Gasteiger partial charge is 0.357 e. The molecule has 3 aromatic carbocycles. The van der Waals surface area contributed by atoms with E-state index in [1.165, 1.54) is 35.9 Å². The van der Waals surface area contributed by atoms with Crippen LogP contribution in [0.15, 0.2) is 78.9 Å². The number of fused-ring (bicyclic) bond motifs is 3. The quantitative estimate of drug-likeness (QED) is 0.268. The summed E-state index contributed by atoms with van der Waals surface area (Å²) in [4.78, 5) is 30.5. The van der Waals surface area contributed by atoms with Crippen molar-refractivity contribution >= 4 is 22.7 Å². The summed E-state index contributed by atoms with van der Waals surface area (Å²) in [6.45, 7) is 0. The maximum absolute atomic E-state index is 13.8. The standard InChI is InChI=1S/C33H36N4O2/c1-34-33(39)30(24-18-16-22(17-19-24)21-10-4-2-5-11-21)37-32(38)28-20-26-25-14-8-9-15-27(25)35-31(26)29(36-28)23-12-6-3-7-13-23/h2,4-5,8-11,14-19,23,28-30,35-36H,3,6-7,12-13,20H2,1H3,(H,34,39)(H,37,38)/t28-,29?,30?/m1/s1. The molecule has 6 heteroatoms. The number of rotatable bonds is 6. The molecule has 6 nitrogen and oxygen atoms in total. The molecule has 200 valence electrons. The summed E-state index contributed by atoms with van der Waals surface area (Å²) in [5.74, 6) is 0.108. The van der Waals surface area contributed by atoms with Crippen LogP contribution in [0.25, 0.3) is 22.0 Å². The van der Waals surface area contributed by atoms with Gasteiger partial charge >= 0.3 is 0 Å². The Bertz CT molecular complexity index is 1450. The van der Waals surface area contributed by atoms with Crippen LogP contribution in [0.2, 0.25) is 0 Å². The van der Waals surface area contributed by atoms with Crippen LogP contribution in [0.4, 0.5) is 0 Å². The van der Waals surface area contributed by atoms with Crippen LogP contribution in [-0.4, -0.2) is 29.9 Å². The van der Waals surface area contributed by atoms with E-state index < -0.39 is 12.1 Å². The first-order valence-corrected chi connectivity index (χ1v) is 14.2. The Balaban J connectivity index is 1.27. The number of para-hydroxylation sites is 1. The molecule has 2 aliphatic rings. The van der Waals surface area contributed by atoms with Crippen molar-refractivity contribution in [1.29, 1.82) is 0 Å². The van der Waals surface area contributed by atoms with Gasteiger partial charge in [0.25, 0.3) is 0 Å². The van der Waals surface area contributed by atoms with Crippen molar-refractivity contribution in [3.8, 4) is 11.1 Å². The summed E-state index contributed by atoms with van der Waals surface area (Å²) in [5, 5.41) is 10.7. The molecule has 39 heavy (non-hydrogen) atoms. The maximum Gasteiger partial charge on any atom is 0.246 e. The van der Waals surface area contributed by atoms with Crippen molar-refractivity contribution in [3.63, 3.8) is 0 Å². The molecule has 1 aliphatic carbocycles. The molecule has 2 unspecified atom stereocenters. The van der Waals surface area contributed by atoms with Gasteiger partial charge in [-0.2, -0.15) is 0 Å². The molecule has 0 spiro atoms. The first-order valence-electron chi connectivity index (χ1n) is 14.2. The van der Waals surface area contributed by atoms with E-state index in [-0.39, 0.29) is 17.9 Å². The Morgan fingerprint density at radius 3 is 2.28 bits per heavy atom. The lowest BCUT2D eigenvalue weighted by Gasteiger charge is -2.37. The summed E-state index contributed by atoms with van der Waals surface area (Å²) in [5.41, 5.74) is 6.51. The van der Waals surface area contributed by atoms with Crippen LogP contribution in [0.3, 0.4) is 0 Å². The Morgan fingerprint density at radius 1 is 0.846 bits per heavy atom. The van der Waals surface area contributed by atoms with E-state index in [1.807, 2.05) is 42.5 Å². The number of aromatic amines is 1. The molecule has 2 amide bonds. The van der Waals surface area contributed by atoms with E-state index >= 15 is 0 Å². The first kappa shape index (κ1) is 25.4. The molecule has 1 fully saturated rings. The average molecular weight is 521 g/mol. The van der Waals surface area contributed by atoms with Gasteiger partial charge in [0.2, 0.25) is 11.8 Å². The van der Waals surface area contributed by atoms with Gasteiger partial charge in [0.15, 0.2) is 0 Å². The number of hydrogen-bond acceptors (Lipinski definition) is 3. The van der Waals surface area contributed by atoms with Crippen molar-refractivity contribution in [2.45, 2.75) is 56.7 Å². The van der Waals surface area contributed by atoms with Crippen LogP contribution in [0, 0.1) is 5.92 Å². The molecule has 0 saturated heterocycles. The van der Waals surface area contributed by atoms with Crippen molar-refractivity contribution in [1.82, 2.24) is 20.9 Å². The van der Waals surface area contributed by atoms with Gasteiger partial charge in [-0.05, 0) is 53.5 Å². The van der Waals surface area contributed by atoms with Crippen LogP contribution >= 0.6 is 0 Å². The summed E-state index contributed by atoms with van der Waals surface area (Å²) in [7, 11) is 1.61. The third kappa shape index (κ3) is 5.09. The molecule has 1 aromatic heterocycles. The summed E-state index contributed by atoms with van der Waals surface area (Å²) in [6.07, 6.45) is 6.65. The Labute approximate surface area is 229 Å². The second kappa shape index (κ2) is 11.1. The van der Waals surface area contributed by atoms with Crippen LogP contribution < -0.4 is 16.0 Å². The van der Waals surface area contributed by atoms with Crippen molar-refractivity contribution in [2.24, 2.45) is 5.92 Å². The van der Waals surface area contributed by atoms with Crippen LogP contribution in [-0.2, 0) is 16.0 Å². The Hall–Kier alpha value is -3.90. The van der Waals surface area contributed by atoms with Crippen molar-refractivity contribution in [3.05, 3.63) is 95.7 Å². The third-order valence-corrected chi connectivity index (χ3v) is 8.53. The number of benzene rings is 3. The van der Waals surface area contributed by atoms with Gasteiger partial charge in [-0.1, -0.05) is 92.1 Å². The smallest absolute Gasteiger partial charge is 0.246 e. The monoisotopic (exact) mass is 520 g/mol. The van der Waals surface area contributed by atoms with E-state index in [0.29, 0.717) is 12.3 Å². The number of likely N-dealkylation sites (N-methyl/N-ethyl adjacent to an activating group) is 1. The zero-order valence-electron chi connectivity index (χ0n) is 22.4. The maximum atomic E-state index is 13.8. The van der Waals surface area contributed by atoms with Gasteiger partial charge in [-0.25, -0.2) is 0 Å². The number of nitrogens with one attached hydrogen (secondary N) is 4. The summed E-state index contributed by atoms with van der Waals surface area (Å²) >= 11 is 0. The third-order valence-electron chi connectivity index (χ3n) is 8.53. The number of amides is 2. The molecule has 1 aliphatic heterocycles. The molecule has 0 radical (unpaired) electrons. The lowest BCUT2D eigenvalue weighted by Crippen LogP contribution is -2.53. The lowest BCUT2D eigenvalue weighted by atomic mass is 9.79. The second-order valence-corrected chi connectivity index (χ2v) is 10.9. The molecule has 2 heterocycles. The van der Waals surface area contributed by atoms with Crippen molar-refractivity contribution < 1.29 is 9.59 Å². The fraction of sp³-hybridized carbons (Fsp3) is 0.333. The molecule has 0 bridgehead atoms. The second-order valence-electron chi connectivity index (χ2n) is 10.9. The number of hydrogen-bond donors (Lipinski definition) is 4. The SMILES string of the molecule is CNC(=O)C(NC(=O)[C@H]1Cc2c([nH]c3ccccc23)C(C2CCCCC2)N1)c1ccc(-c2ccccc2)cc1. The van der Waals surface area contributed by atoms with Crippen LogP contribution in [0.5, 0.6) is 0 Å². The minimum Gasteiger partial charge on any atom is -0.357 e. The van der Waals surface area contributed by atoms with E-state index in [2.05, 4.69) is 57.3 Å². The number of H-pyrrole nitrogens is 1. The topological polar surface area (TPSA) is 86.0 Å². The number of carbonyl (C=O) groups excluding carboxylic acids is 2. The normalized spacial score (nSPS) is 20.2. The predicted molar refractivity (Wildman–Crippen MR) is 155 cm³/mol. The predicted octanol–water partition coefficient (Wildman–Crippen LogP) is 5.57.